The Labute approximate surface area is 110 Å². The van der Waals surface area contributed by atoms with Gasteiger partial charge in [0.05, 0.1) is 5.92 Å². The minimum atomic E-state index is -4.07. The predicted octanol–water partition coefficient (Wildman–Crippen LogP) is 3.73. The van der Waals surface area contributed by atoms with Crippen LogP contribution in [0.3, 0.4) is 0 Å². The third kappa shape index (κ3) is 3.41. The molecule has 19 heavy (non-hydrogen) atoms. The number of hydrogen-bond acceptors (Lipinski definition) is 2. The summed E-state index contributed by atoms with van der Waals surface area (Å²) < 4.78 is 37.8. The first kappa shape index (κ1) is 14.2. The van der Waals surface area contributed by atoms with E-state index in [9.17, 15) is 18.3 Å². The second-order valence-electron chi connectivity index (χ2n) is 5.12. The van der Waals surface area contributed by atoms with Gasteiger partial charge in [0, 0.05) is 6.04 Å². The van der Waals surface area contributed by atoms with Crippen molar-refractivity contribution >= 4 is 0 Å². The Balaban J connectivity index is 1.98. The maximum absolute atomic E-state index is 12.6. The number of alkyl halides is 3. The second kappa shape index (κ2) is 5.41. The van der Waals surface area contributed by atoms with Gasteiger partial charge in [-0.3, -0.25) is 4.90 Å². The highest BCUT2D eigenvalue weighted by atomic mass is 19.4. The molecule has 1 N–H and O–H groups in total. The number of phenolic OH excluding ortho intramolecular Hbond substituents is 1. The van der Waals surface area contributed by atoms with Gasteiger partial charge in [-0.2, -0.15) is 13.2 Å². The molecule has 1 atom stereocenters. The van der Waals surface area contributed by atoms with Crippen LogP contribution in [0.25, 0.3) is 0 Å². The van der Waals surface area contributed by atoms with Crippen LogP contribution in [0, 0.1) is 5.92 Å². The van der Waals surface area contributed by atoms with E-state index in [1.165, 1.54) is 0 Å². The van der Waals surface area contributed by atoms with Crippen molar-refractivity contribution in [2.75, 3.05) is 13.1 Å². The number of halogens is 3. The largest absolute Gasteiger partial charge is 0.508 e. The van der Waals surface area contributed by atoms with E-state index in [-0.39, 0.29) is 24.6 Å². The minimum Gasteiger partial charge on any atom is -0.508 e. The molecule has 1 aliphatic rings. The normalized spacial score (nSPS) is 20.4. The maximum atomic E-state index is 12.6. The molecule has 1 aromatic carbocycles. The highest BCUT2D eigenvalue weighted by Crippen LogP contribution is 2.36. The van der Waals surface area contributed by atoms with Crippen molar-refractivity contribution in [1.29, 1.82) is 0 Å². The lowest BCUT2D eigenvalue weighted by Crippen LogP contribution is -2.40. The summed E-state index contributed by atoms with van der Waals surface area (Å²) in [5.41, 5.74) is 0.936. The van der Waals surface area contributed by atoms with Crippen LogP contribution in [-0.2, 0) is 0 Å². The molecule has 1 aromatic rings. The van der Waals surface area contributed by atoms with Gasteiger partial charge in [-0.05, 0) is 50.6 Å². The van der Waals surface area contributed by atoms with E-state index >= 15 is 0 Å². The van der Waals surface area contributed by atoms with E-state index < -0.39 is 12.1 Å². The van der Waals surface area contributed by atoms with Crippen molar-refractivity contribution < 1.29 is 18.3 Å². The molecule has 0 aromatic heterocycles. The third-order valence-corrected chi connectivity index (χ3v) is 3.89. The fourth-order valence-corrected chi connectivity index (χ4v) is 2.61. The molecular formula is C14H18F3NO. The van der Waals surface area contributed by atoms with Gasteiger partial charge in [-0.1, -0.05) is 12.1 Å². The number of nitrogens with zero attached hydrogens (tertiary/aromatic N) is 1. The molecule has 0 bridgehead atoms. The molecule has 1 fully saturated rings. The summed E-state index contributed by atoms with van der Waals surface area (Å²) in [6, 6.07) is 6.93. The van der Waals surface area contributed by atoms with Gasteiger partial charge < -0.3 is 5.11 Å². The van der Waals surface area contributed by atoms with Crippen LogP contribution >= 0.6 is 0 Å². The second-order valence-corrected chi connectivity index (χ2v) is 5.12. The summed E-state index contributed by atoms with van der Waals surface area (Å²) in [6.07, 6.45) is -3.75. The van der Waals surface area contributed by atoms with Gasteiger partial charge in [-0.15, -0.1) is 0 Å². The quantitative estimate of drug-likeness (QED) is 0.887. The molecule has 1 unspecified atom stereocenters. The lowest BCUT2D eigenvalue weighted by molar-refractivity contribution is -0.186. The van der Waals surface area contributed by atoms with E-state index in [1.807, 2.05) is 17.9 Å². The van der Waals surface area contributed by atoms with Crippen molar-refractivity contribution in [3.05, 3.63) is 29.8 Å². The van der Waals surface area contributed by atoms with Gasteiger partial charge in [0.25, 0.3) is 0 Å². The monoisotopic (exact) mass is 273 g/mol. The smallest absolute Gasteiger partial charge is 0.391 e. The molecule has 1 saturated heterocycles. The Kier molecular flexibility index (Phi) is 4.04. The minimum absolute atomic E-state index is 0.0290. The molecule has 0 radical (unpaired) electrons. The van der Waals surface area contributed by atoms with Gasteiger partial charge in [0.1, 0.15) is 5.75 Å². The first-order chi connectivity index (χ1) is 8.88. The van der Waals surface area contributed by atoms with Crippen LogP contribution in [0.1, 0.15) is 31.4 Å². The molecule has 2 rings (SSSR count). The summed E-state index contributed by atoms with van der Waals surface area (Å²) >= 11 is 0. The van der Waals surface area contributed by atoms with E-state index in [0.717, 1.165) is 5.56 Å². The molecule has 0 aliphatic carbocycles. The number of benzene rings is 1. The Morgan fingerprint density at radius 2 is 1.89 bits per heavy atom. The average Bonchev–Trinajstić information content (AvgIpc) is 2.37. The molecule has 106 valence electrons. The van der Waals surface area contributed by atoms with Crippen LogP contribution in [0.5, 0.6) is 5.75 Å². The summed E-state index contributed by atoms with van der Waals surface area (Å²) in [7, 11) is 0. The van der Waals surface area contributed by atoms with Crippen LogP contribution in [0.4, 0.5) is 13.2 Å². The fourth-order valence-electron chi connectivity index (χ4n) is 2.61. The zero-order chi connectivity index (χ0) is 14.0. The van der Waals surface area contributed by atoms with Crippen LogP contribution in [0.2, 0.25) is 0 Å². The fraction of sp³-hybridized carbons (Fsp3) is 0.571. The molecule has 1 aliphatic heterocycles. The number of hydrogen-bond donors (Lipinski definition) is 1. The van der Waals surface area contributed by atoms with Gasteiger partial charge in [-0.25, -0.2) is 0 Å². The van der Waals surface area contributed by atoms with Crippen molar-refractivity contribution in [2.24, 2.45) is 5.92 Å². The highest BCUT2D eigenvalue weighted by molar-refractivity contribution is 5.29. The molecule has 2 nitrogen and oxygen atoms in total. The lowest BCUT2D eigenvalue weighted by atomic mass is 9.94. The van der Waals surface area contributed by atoms with Crippen molar-refractivity contribution in [1.82, 2.24) is 4.90 Å². The molecule has 1 heterocycles. The molecule has 5 heteroatoms. The first-order valence-corrected chi connectivity index (χ1v) is 6.47. The third-order valence-electron chi connectivity index (χ3n) is 3.89. The van der Waals surface area contributed by atoms with Gasteiger partial charge in [0.2, 0.25) is 0 Å². The van der Waals surface area contributed by atoms with Crippen LogP contribution in [0.15, 0.2) is 24.3 Å². The van der Waals surface area contributed by atoms with Crippen molar-refractivity contribution in [3.8, 4) is 5.75 Å². The number of rotatable bonds is 2. The van der Waals surface area contributed by atoms with E-state index in [1.54, 1.807) is 18.2 Å². The molecule has 0 spiro atoms. The number of aromatic hydroxyl groups is 1. The van der Waals surface area contributed by atoms with Gasteiger partial charge >= 0.3 is 6.18 Å². The maximum Gasteiger partial charge on any atom is 0.391 e. The number of piperidine rings is 1. The lowest BCUT2D eigenvalue weighted by Gasteiger charge is -2.36. The first-order valence-electron chi connectivity index (χ1n) is 6.47. The Hall–Kier alpha value is -1.23. The Bertz CT molecular complexity index is 425. The number of phenols is 1. The van der Waals surface area contributed by atoms with E-state index in [4.69, 9.17) is 0 Å². The van der Waals surface area contributed by atoms with Crippen molar-refractivity contribution in [3.63, 3.8) is 0 Å². The standard InChI is InChI=1S/C14H18F3NO/c1-10(11-3-2-4-13(19)9-11)18-7-5-12(6-8-18)14(15,16)17/h2-4,9-10,12,19H,5-8H2,1H3. The number of likely N-dealkylation sites (tertiary alicyclic amines) is 1. The summed E-state index contributed by atoms with van der Waals surface area (Å²) in [5, 5.41) is 9.44. The zero-order valence-corrected chi connectivity index (χ0v) is 10.8. The summed E-state index contributed by atoms with van der Waals surface area (Å²) in [5.74, 6) is -0.977. The topological polar surface area (TPSA) is 23.5 Å². The molecular weight excluding hydrogens is 255 g/mol. The van der Waals surface area contributed by atoms with Crippen molar-refractivity contribution in [2.45, 2.75) is 32.0 Å². The Morgan fingerprint density at radius 1 is 1.26 bits per heavy atom. The zero-order valence-electron chi connectivity index (χ0n) is 10.8. The van der Waals surface area contributed by atoms with Crippen LogP contribution in [-0.4, -0.2) is 29.3 Å². The Morgan fingerprint density at radius 3 is 2.42 bits per heavy atom. The van der Waals surface area contributed by atoms with E-state index in [2.05, 4.69) is 0 Å². The SMILES string of the molecule is CC(c1cccc(O)c1)N1CCC(C(F)(F)F)CC1. The van der Waals surface area contributed by atoms with Crippen LogP contribution < -0.4 is 0 Å². The molecule has 0 amide bonds. The predicted molar refractivity (Wildman–Crippen MR) is 66.9 cm³/mol. The average molecular weight is 273 g/mol. The van der Waals surface area contributed by atoms with Gasteiger partial charge in [0.15, 0.2) is 0 Å². The summed E-state index contributed by atoms with van der Waals surface area (Å²) in [4.78, 5) is 2.04. The van der Waals surface area contributed by atoms with E-state index in [0.29, 0.717) is 13.1 Å². The summed E-state index contributed by atoms with van der Waals surface area (Å²) in [6.45, 7) is 2.85. The highest BCUT2D eigenvalue weighted by Gasteiger charge is 2.41. The molecule has 0 saturated carbocycles.